The van der Waals surface area contributed by atoms with Gasteiger partial charge in [-0.2, -0.15) is 0 Å². The third-order valence-electron chi connectivity index (χ3n) is 5.39. The minimum absolute atomic E-state index is 0.0529. The van der Waals surface area contributed by atoms with Gasteiger partial charge in [-0.05, 0) is 61.4 Å². The Bertz CT molecular complexity index is 1290. The molecule has 1 N–H and O–H groups in total. The molecular weight excluding hydrogens is 428 g/mol. The topological polar surface area (TPSA) is 92.8 Å². The Morgan fingerprint density at radius 1 is 1.00 bits per heavy atom. The molecule has 7 nitrogen and oxygen atoms in total. The number of amides is 1. The number of anilines is 2. The number of sulfonamides is 1. The average Bonchev–Trinajstić information content (AvgIpc) is 3.13. The Labute approximate surface area is 186 Å². The molecule has 1 amide bonds. The summed E-state index contributed by atoms with van der Waals surface area (Å²) in [4.78, 5) is 26.7. The van der Waals surface area contributed by atoms with Crippen molar-refractivity contribution in [1.29, 1.82) is 0 Å². The number of hydrogen-bond acceptors (Lipinski definition) is 5. The van der Waals surface area contributed by atoms with E-state index in [2.05, 4.69) is 4.72 Å². The summed E-state index contributed by atoms with van der Waals surface area (Å²) in [7, 11) is -2.73. The quantitative estimate of drug-likeness (QED) is 0.596. The van der Waals surface area contributed by atoms with E-state index in [1.54, 1.807) is 41.3 Å². The van der Waals surface area contributed by atoms with Gasteiger partial charge in [0.2, 0.25) is 0 Å². The number of esters is 1. The van der Waals surface area contributed by atoms with Gasteiger partial charge in [0.15, 0.2) is 0 Å². The number of methoxy groups -OCH3 is 1. The van der Waals surface area contributed by atoms with E-state index in [-0.39, 0.29) is 28.1 Å². The van der Waals surface area contributed by atoms with E-state index in [4.69, 9.17) is 4.74 Å². The molecule has 0 fully saturated rings. The smallest absolute Gasteiger partial charge is 0.339 e. The first-order valence-electron chi connectivity index (χ1n) is 10.0. The number of carbonyl (C=O) groups is 2. The summed E-state index contributed by atoms with van der Waals surface area (Å²) in [6.45, 7) is 1.93. The number of ether oxygens (including phenoxy) is 1. The summed E-state index contributed by atoms with van der Waals surface area (Å²) < 4.78 is 33.3. The lowest BCUT2D eigenvalue weighted by Crippen LogP contribution is -2.35. The molecule has 4 rings (SSSR count). The number of rotatable bonds is 5. The Morgan fingerprint density at radius 3 is 2.41 bits per heavy atom. The molecule has 1 heterocycles. The number of nitrogens with one attached hydrogen (secondary N) is 1. The maximum atomic E-state index is 13.0. The van der Waals surface area contributed by atoms with Crippen molar-refractivity contribution in [3.63, 3.8) is 0 Å². The average molecular weight is 451 g/mol. The summed E-state index contributed by atoms with van der Waals surface area (Å²) in [5, 5.41) is 0. The van der Waals surface area contributed by atoms with Crippen LogP contribution in [0.4, 0.5) is 11.4 Å². The molecule has 3 aromatic rings. The second kappa shape index (κ2) is 8.47. The zero-order valence-electron chi connectivity index (χ0n) is 17.6. The molecule has 0 aliphatic carbocycles. The van der Waals surface area contributed by atoms with Gasteiger partial charge < -0.3 is 9.64 Å². The van der Waals surface area contributed by atoms with Gasteiger partial charge in [-0.15, -0.1) is 0 Å². The van der Waals surface area contributed by atoms with E-state index in [0.29, 0.717) is 17.7 Å². The highest BCUT2D eigenvalue weighted by molar-refractivity contribution is 7.92. The van der Waals surface area contributed by atoms with Crippen molar-refractivity contribution in [3.05, 3.63) is 89.5 Å². The van der Waals surface area contributed by atoms with E-state index < -0.39 is 16.0 Å². The highest BCUT2D eigenvalue weighted by atomic mass is 32.2. The van der Waals surface area contributed by atoms with E-state index in [9.17, 15) is 18.0 Å². The molecular formula is C24H22N2O5S. The zero-order chi connectivity index (χ0) is 22.9. The summed E-state index contributed by atoms with van der Waals surface area (Å²) in [6, 6.07) is 19.8. The lowest BCUT2D eigenvalue weighted by molar-refractivity contribution is 0.0602. The van der Waals surface area contributed by atoms with Crippen LogP contribution >= 0.6 is 0 Å². The minimum Gasteiger partial charge on any atom is -0.465 e. The van der Waals surface area contributed by atoms with Gasteiger partial charge in [-0.25, -0.2) is 13.2 Å². The summed E-state index contributed by atoms with van der Waals surface area (Å²) in [6.07, 6.45) is 0.538. The van der Waals surface area contributed by atoms with Crippen molar-refractivity contribution in [1.82, 2.24) is 0 Å². The van der Waals surface area contributed by atoms with Crippen molar-refractivity contribution < 1.29 is 22.7 Å². The van der Waals surface area contributed by atoms with E-state index >= 15 is 0 Å². The van der Waals surface area contributed by atoms with Crippen molar-refractivity contribution in [2.24, 2.45) is 0 Å². The lowest BCUT2D eigenvalue weighted by Gasteiger charge is -2.23. The molecule has 0 saturated carbocycles. The molecule has 0 spiro atoms. The van der Waals surface area contributed by atoms with Gasteiger partial charge in [0.1, 0.15) is 0 Å². The van der Waals surface area contributed by atoms with Gasteiger partial charge >= 0.3 is 5.97 Å². The van der Waals surface area contributed by atoms with Crippen LogP contribution in [0.2, 0.25) is 0 Å². The number of carbonyl (C=O) groups excluding carboxylic acids is 2. The molecule has 32 heavy (non-hydrogen) atoms. The van der Waals surface area contributed by atoms with Crippen LogP contribution in [0.25, 0.3) is 0 Å². The van der Waals surface area contributed by atoms with Crippen LogP contribution in [0, 0.1) is 0 Å². The third kappa shape index (κ3) is 3.97. The second-order valence-electron chi connectivity index (χ2n) is 7.53. The van der Waals surface area contributed by atoms with Crippen molar-refractivity contribution in [2.75, 3.05) is 16.7 Å². The Kier molecular flexibility index (Phi) is 5.71. The minimum atomic E-state index is -3.97. The van der Waals surface area contributed by atoms with Crippen LogP contribution in [-0.2, 0) is 21.2 Å². The molecule has 3 aromatic carbocycles. The van der Waals surface area contributed by atoms with Crippen LogP contribution in [0.3, 0.4) is 0 Å². The molecule has 0 saturated heterocycles. The number of fused-ring (bicyclic) bond motifs is 1. The summed E-state index contributed by atoms with van der Waals surface area (Å²) in [5.41, 5.74) is 2.29. The molecule has 0 radical (unpaired) electrons. The highest BCUT2D eigenvalue weighted by Gasteiger charge is 2.32. The molecule has 0 unspecified atom stereocenters. The molecule has 8 heteroatoms. The van der Waals surface area contributed by atoms with Crippen molar-refractivity contribution in [2.45, 2.75) is 24.3 Å². The van der Waals surface area contributed by atoms with Gasteiger partial charge in [0, 0.05) is 17.3 Å². The maximum Gasteiger partial charge on any atom is 0.339 e. The van der Waals surface area contributed by atoms with Crippen LogP contribution < -0.4 is 9.62 Å². The normalized spacial score (nSPS) is 15.2. The molecule has 1 aliphatic heterocycles. The first-order chi connectivity index (χ1) is 15.3. The molecule has 1 aliphatic rings. The predicted octanol–water partition coefficient (Wildman–Crippen LogP) is 3.87. The molecule has 164 valence electrons. The van der Waals surface area contributed by atoms with Crippen molar-refractivity contribution >= 4 is 33.3 Å². The monoisotopic (exact) mass is 450 g/mol. The Balaban J connectivity index is 1.65. The number of benzene rings is 3. The summed E-state index contributed by atoms with van der Waals surface area (Å²) >= 11 is 0. The molecule has 1 atom stereocenters. The van der Waals surface area contributed by atoms with Crippen LogP contribution in [0.1, 0.15) is 33.2 Å². The van der Waals surface area contributed by atoms with Crippen molar-refractivity contribution in [3.8, 4) is 0 Å². The fraction of sp³-hybridized carbons (Fsp3) is 0.167. The number of hydrogen-bond donors (Lipinski definition) is 1. The van der Waals surface area contributed by atoms with E-state index in [1.165, 1.54) is 25.3 Å². The van der Waals surface area contributed by atoms with Gasteiger partial charge in [0.25, 0.3) is 15.9 Å². The lowest BCUT2D eigenvalue weighted by atomic mass is 10.1. The Morgan fingerprint density at radius 2 is 1.69 bits per heavy atom. The first-order valence-corrected chi connectivity index (χ1v) is 11.5. The maximum absolute atomic E-state index is 13.0. The summed E-state index contributed by atoms with van der Waals surface area (Å²) in [5.74, 6) is -0.765. The Hall–Kier alpha value is -3.65. The van der Waals surface area contributed by atoms with Crippen LogP contribution in [-0.4, -0.2) is 33.4 Å². The largest absolute Gasteiger partial charge is 0.465 e. The SMILES string of the molecule is COC(=O)c1ccccc1NS(=O)(=O)c1ccc2c(c1)C[C@@H](C)N2C(=O)c1ccccc1. The van der Waals surface area contributed by atoms with Gasteiger partial charge in [-0.3, -0.25) is 9.52 Å². The number of para-hydroxylation sites is 1. The second-order valence-corrected chi connectivity index (χ2v) is 9.21. The molecule has 0 aromatic heterocycles. The molecule has 0 bridgehead atoms. The van der Waals surface area contributed by atoms with E-state index in [1.807, 2.05) is 25.1 Å². The first kappa shape index (κ1) is 21.6. The van der Waals surface area contributed by atoms with E-state index in [0.717, 1.165) is 5.56 Å². The predicted molar refractivity (Wildman–Crippen MR) is 121 cm³/mol. The third-order valence-corrected chi connectivity index (χ3v) is 6.76. The van der Waals surface area contributed by atoms with Gasteiger partial charge in [-0.1, -0.05) is 30.3 Å². The fourth-order valence-electron chi connectivity index (χ4n) is 3.87. The van der Waals surface area contributed by atoms with Crippen LogP contribution in [0.5, 0.6) is 0 Å². The zero-order valence-corrected chi connectivity index (χ0v) is 18.4. The van der Waals surface area contributed by atoms with Crippen LogP contribution in [0.15, 0.2) is 77.7 Å². The fourth-order valence-corrected chi connectivity index (χ4v) is 5.00. The number of nitrogens with zero attached hydrogens (tertiary/aromatic N) is 1. The van der Waals surface area contributed by atoms with Gasteiger partial charge in [0.05, 0.1) is 23.3 Å². The standard InChI is InChI=1S/C24H22N2O5S/c1-16-14-18-15-19(12-13-22(18)26(16)23(27)17-8-4-3-5-9-17)32(29,30)25-21-11-7-6-10-20(21)24(28)31-2/h3-13,15-16,25H,14H2,1-2H3/t16-/m1/s1. The highest BCUT2D eigenvalue weighted by Crippen LogP contribution is 2.35.